The van der Waals surface area contributed by atoms with E-state index in [1.54, 1.807) is 12.1 Å². The van der Waals surface area contributed by atoms with E-state index in [-0.39, 0.29) is 11.8 Å². The molecule has 0 aromatic heterocycles. The minimum absolute atomic E-state index is 0.238. The first-order chi connectivity index (χ1) is 9.44. The third-order valence-electron chi connectivity index (χ3n) is 3.74. The van der Waals surface area contributed by atoms with E-state index in [1.807, 2.05) is 51.1 Å². The lowest BCUT2D eigenvalue weighted by Crippen LogP contribution is -2.40. The summed E-state index contributed by atoms with van der Waals surface area (Å²) in [7, 11) is 0. The predicted octanol–water partition coefficient (Wildman–Crippen LogP) is 3.53. The first kappa shape index (κ1) is 14.3. The number of hydrogen-bond donors (Lipinski definition) is 1. The van der Waals surface area contributed by atoms with Crippen molar-refractivity contribution in [1.82, 2.24) is 5.32 Å². The molecule has 0 unspecified atom stereocenters. The highest BCUT2D eigenvalue weighted by molar-refractivity contribution is 6.07. The van der Waals surface area contributed by atoms with E-state index in [1.165, 1.54) is 0 Å². The summed E-state index contributed by atoms with van der Waals surface area (Å²) in [4.78, 5) is 24.1. The van der Waals surface area contributed by atoms with E-state index < -0.39 is 5.41 Å². The molecule has 0 bridgehead atoms. The quantitative estimate of drug-likeness (QED) is 0.926. The minimum Gasteiger partial charge on any atom is -0.292 e. The van der Waals surface area contributed by atoms with Crippen LogP contribution in [0.25, 0.3) is 10.8 Å². The smallest absolute Gasteiger partial charge is 0.257 e. The molecule has 0 saturated heterocycles. The fourth-order valence-electron chi connectivity index (χ4n) is 1.84. The van der Waals surface area contributed by atoms with E-state index in [4.69, 9.17) is 0 Å². The Labute approximate surface area is 119 Å². The number of imide groups is 1. The van der Waals surface area contributed by atoms with Gasteiger partial charge in [0.25, 0.3) is 5.91 Å². The van der Waals surface area contributed by atoms with E-state index in [9.17, 15) is 9.59 Å². The van der Waals surface area contributed by atoms with Gasteiger partial charge in [-0.15, -0.1) is 0 Å². The van der Waals surface area contributed by atoms with Crippen LogP contribution in [0.1, 0.15) is 37.6 Å². The van der Waals surface area contributed by atoms with Crippen LogP contribution in [0, 0.1) is 5.41 Å². The van der Waals surface area contributed by atoms with Gasteiger partial charge in [-0.2, -0.15) is 0 Å². The Balaban J connectivity index is 2.21. The van der Waals surface area contributed by atoms with Crippen LogP contribution in [-0.2, 0) is 4.79 Å². The third kappa shape index (κ3) is 2.87. The molecule has 2 amide bonds. The largest absolute Gasteiger partial charge is 0.292 e. The molecule has 2 aromatic carbocycles. The molecule has 0 radical (unpaired) electrons. The van der Waals surface area contributed by atoms with Gasteiger partial charge in [0, 0.05) is 11.0 Å². The molecule has 0 aliphatic rings. The van der Waals surface area contributed by atoms with Crippen molar-refractivity contribution >= 4 is 22.6 Å². The Morgan fingerprint density at radius 2 is 1.70 bits per heavy atom. The topological polar surface area (TPSA) is 46.2 Å². The average Bonchev–Trinajstić information content (AvgIpc) is 2.46. The third-order valence-corrected chi connectivity index (χ3v) is 3.74. The zero-order valence-corrected chi connectivity index (χ0v) is 12.1. The molecule has 0 saturated carbocycles. The van der Waals surface area contributed by atoms with Crippen molar-refractivity contribution in [3.8, 4) is 0 Å². The standard InChI is InChI=1S/C17H19NO2/c1-4-17(2,3)16(20)18-15(19)14-10-9-12-7-5-6-8-13(12)11-14/h5-11H,4H2,1-3H3,(H,18,19,20). The monoisotopic (exact) mass is 269 g/mol. The normalized spacial score (nSPS) is 11.3. The second-order valence-electron chi connectivity index (χ2n) is 5.58. The van der Waals surface area contributed by atoms with Crippen LogP contribution < -0.4 is 5.32 Å². The van der Waals surface area contributed by atoms with Gasteiger partial charge in [0.1, 0.15) is 0 Å². The molecule has 104 valence electrons. The SMILES string of the molecule is CCC(C)(C)C(=O)NC(=O)c1ccc2ccccc2c1. The number of amides is 2. The molecule has 1 N–H and O–H groups in total. The fraction of sp³-hybridized carbons (Fsp3) is 0.294. The van der Waals surface area contributed by atoms with Gasteiger partial charge < -0.3 is 0 Å². The van der Waals surface area contributed by atoms with Crippen LogP contribution in [0.4, 0.5) is 0 Å². The van der Waals surface area contributed by atoms with E-state index >= 15 is 0 Å². The molecule has 0 heterocycles. The Hall–Kier alpha value is -2.16. The maximum absolute atomic E-state index is 12.1. The van der Waals surface area contributed by atoms with E-state index in [0.29, 0.717) is 12.0 Å². The Morgan fingerprint density at radius 1 is 1.05 bits per heavy atom. The molecule has 20 heavy (non-hydrogen) atoms. The molecule has 2 rings (SSSR count). The van der Waals surface area contributed by atoms with Gasteiger partial charge in [-0.3, -0.25) is 14.9 Å². The molecule has 3 heteroatoms. The maximum Gasteiger partial charge on any atom is 0.257 e. The predicted molar refractivity (Wildman–Crippen MR) is 80.5 cm³/mol. The van der Waals surface area contributed by atoms with Gasteiger partial charge in [0.2, 0.25) is 5.91 Å². The summed E-state index contributed by atoms with van der Waals surface area (Å²) in [6.07, 6.45) is 0.684. The fourth-order valence-corrected chi connectivity index (χ4v) is 1.84. The summed E-state index contributed by atoms with van der Waals surface area (Å²) in [5.74, 6) is -0.583. The van der Waals surface area contributed by atoms with Gasteiger partial charge in [-0.25, -0.2) is 0 Å². The number of fused-ring (bicyclic) bond motifs is 1. The van der Waals surface area contributed by atoms with Crippen molar-refractivity contribution in [3.63, 3.8) is 0 Å². The number of carbonyl (C=O) groups excluding carboxylic acids is 2. The number of hydrogen-bond acceptors (Lipinski definition) is 2. The molecule has 0 spiro atoms. The molecule has 0 atom stereocenters. The second kappa shape index (κ2) is 5.45. The number of carbonyl (C=O) groups is 2. The Bertz CT molecular complexity index is 659. The van der Waals surface area contributed by atoms with Crippen LogP contribution in [0.15, 0.2) is 42.5 Å². The molecular formula is C17H19NO2. The number of rotatable bonds is 3. The van der Waals surface area contributed by atoms with Crippen LogP contribution in [-0.4, -0.2) is 11.8 Å². The summed E-state index contributed by atoms with van der Waals surface area (Å²) >= 11 is 0. The zero-order chi connectivity index (χ0) is 14.8. The molecule has 3 nitrogen and oxygen atoms in total. The van der Waals surface area contributed by atoms with Crippen LogP contribution >= 0.6 is 0 Å². The zero-order valence-electron chi connectivity index (χ0n) is 12.1. The Morgan fingerprint density at radius 3 is 2.35 bits per heavy atom. The van der Waals surface area contributed by atoms with Gasteiger partial charge in [-0.1, -0.05) is 51.1 Å². The lowest BCUT2D eigenvalue weighted by Gasteiger charge is -2.20. The summed E-state index contributed by atoms with van der Waals surface area (Å²) < 4.78 is 0. The Kier molecular flexibility index (Phi) is 3.89. The van der Waals surface area contributed by atoms with E-state index in [0.717, 1.165) is 10.8 Å². The van der Waals surface area contributed by atoms with Crippen molar-refractivity contribution in [2.75, 3.05) is 0 Å². The van der Waals surface area contributed by atoms with Gasteiger partial charge in [0.15, 0.2) is 0 Å². The summed E-state index contributed by atoms with van der Waals surface area (Å²) in [6.45, 7) is 5.59. The second-order valence-corrected chi connectivity index (χ2v) is 5.58. The number of nitrogens with one attached hydrogen (secondary N) is 1. The number of benzene rings is 2. The molecule has 2 aromatic rings. The molecule has 0 fully saturated rings. The highest BCUT2D eigenvalue weighted by Gasteiger charge is 2.27. The van der Waals surface area contributed by atoms with Gasteiger partial charge >= 0.3 is 0 Å². The summed E-state index contributed by atoms with van der Waals surface area (Å²) in [5.41, 5.74) is -0.0315. The lowest BCUT2D eigenvalue weighted by molar-refractivity contribution is -0.128. The first-order valence-electron chi connectivity index (χ1n) is 6.78. The average molecular weight is 269 g/mol. The van der Waals surface area contributed by atoms with Crippen molar-refractivity contribution in [2.45, 2.75) is 27.2 Å². The van der Waals surface area contributed by atoms with Crippen molar-refractivity contribution in [1.29, 1.82) is 0 Å². The summed E-state index contributed by atoms with van der Waals surface area (Å²) in [5, 5.41) is 4.54. The van der Waals surface area contributed by atoms with Gasteiger partial charge in [-0.05, 0) is 29.3 Å². The van der Waals surface area contributed by atoms with Crippen LogP contribution in [0.2, 0.25) is 0 Å². The van der Waals surface area contributed by atoms with Crippen LogP contribution in [0.3, 0.4) is 0 Å². The molecular weight excluding hydrogens is 250 g/mol. The maximum atomic E-state index is 12.1. The van der Waals surface area contributed by atoms with Crippen molar-refractivity contribution in [2.24, 2.45) is 5.41 Å². The first-order valence-corrected chi connectivity index (χ1v) is 6.78. The van der Waals surface area contributed by atoms with E-state index in [2.05, 4.69) is 5.32 Å². The highest BCUT2D eigenvalue weighted by Crippen LogP contribution is 2.20. The highest BCUT2D eigenvalue weighted by atomic mass is 16.2. The molecule has 0 aliphatic carbocycles. The van der Waals surface area contributed by atoms with Crippen molar-refractivity contribution < 1.29 is 9.59 Å². The molecule has 0 aliphatic heterocycles. The van der Waals surface area contributed by atoms with Crippen molar-refractivity contribution in [3.05, 3.63) is 48.0 Å². The van der Waals surface area contributed by atoms with Gasteiger partial charge in [0.05, 0.1) is 0 Å². The summed E-state index contributed by atoms with van der Waals surface area (Å²) in [6, 6.07) is 13.2. The van der Waals surface area contributed by atoms with Crippen LogP contribution in [0.5, 0.6) is 0 Å². The minimum atomic E-state index is -0.535. The lowest BCUT2D eigenvalue weighted by atomic mass is 9.89.